The summed E-state index contributed by atoms with van der Waals surface area (Å²) in [6.07, 6.45) is 1.69. The van der Waals surface area contributed by atoms with Crippen LogP contribution in [-0.4, -0.2) is 60.0 Å². The highest BCUT2D eigenvalue weighted by molar-refractivity contribution is 5.94. The second-order valence-corrected chi connectivity index (χ2v) is 5.69. The summed E-state index contributed by atoms with van der Waals surface area (Å²) in [5.41, 5.74) is 0. The third kappa shape index (κ3) is 3.68. The lowest BCUT2D eigenvalue weighted by Gasteiger charge is -2.39. The van der Waals surface area contributed by atoms with Gasteiger partial charge in [-0.1, -0.05) is 0 Å². The van der Waals surface area contributed by atoms with Crippen LogP contribution in [0.15, 0.2) is 22.8 Å². The smallest absolute Gasteiger partial charge is 0.320 e. The number of ether oxygens (including phenoxy) is 1. The van der Waals surface area contributed by atoms with Gasteiger partial charge < -0.3 is 19.0 Å². The maximum atomic E-state index is 12.7. The van der Waals surface area contributed by atoms with Crippen molar-refractivity contribution in [2.45, 2.75) is 39.3 Å². The Balaban J connectivity index is 2.07. The first-order valence-electron chi connectivity index (χ1n) is 7.76. The van der Waals surface area contributed by atoms with Crippen LogP contribution in [0.5, 0.6) is 0 Å². The second-order valence-electron chi connectivity index (χ2n) is 5.69. The van der Waals surface area contributed by atoms with Crippen LogP contribution in [0, 0.1) is 0 Å². The number of furan rings is 1. The highest BCUT2D eigenvalue weighted by atomic mass is 16.5. The van der Waals surface area contributed by atoms with E-state index in [2.05, 4.69) is 0 Å². The van der Waals surface area contributed by atoms with Crippen LogP contribution >= 0.6 is 0 Å². The zero-order valence-corrected chi connectivity index (χ0v) is 13.4. The molecule has 1 fully saturated rings. The molecule has 1 aromatic heterocycles. The van der Waals surface area contributed by atoms with Gasteiger partial charge in [0.05, 0.1) is 25.5 Å². The van der Waals surface area contributed by atoms with Gasteiger partial charge in [0.15, 0.2) is 11.5 Å². The molecule has 2 heterocycles. The Morgan fingerprint density at radius 3 is 2.82 bits per heavy atom. The van der Waals surface area contributed by atoms with Gasteiger partial charge in [-0.05, 0) is 32.9 Å². The predicted octanol–water partition coefficient (Wildman–Crippen LogP) is 2.40. The minimum atomic E-state index is -0.244. The van der Waals surface area contributed by atoms with Crippen LogP contribution in [0.1, 0.15) is 37.7 Å². The number of morpholine rings is 1. The number of Topliss-reactive ketones (excluding diaryl/α,β-unsaturated/α-hetero) is 1. The number of rotatable bonds is 5. The maximum Gasteiger partial charge on any atom is 0.320 e. The fraction of sp³-hybridized carbons (Fsp3) is 0.625. The van der Waals surface area contributed by atoms with E-state index in [0.29, 0.717) is 32.1 Å². The van der Waals surface area contributed by atoms with Crippen molar-refractivity contribution >= 4 is 11.8 Å². The van der Waals surface area contributed by atoms with Gasteiger partial charge >= 0.3 is 6.03 Å². The van der Waals surface area contributed by atoms with Gasteiger partial charge in [0.25, 0.3) is 0 Å². The van der Waals surface area contributed by atoms with Crippen LogP contribution < -0.4 is 0 Å². The number of ketones is 1. The van der Waals surface area contributed by atoms with Crippen LogP contribution in [0.2, 0.25) is 0 Å². The third-order valence-electron chi connectivity index (χ3n) is 3.90. The molecule has 1 aliphatic heterocycles. The SMILES string of the molecule is CCN(C(=O)N1CCOC[C@@H]1CC(=O)c1ccco1)C(C)C. The fourth-order valence-corrected chi connectivity index (χ4v) is 2.71. The minimum Gasteiger partial charge on any atom is -0.461 e. The molecular formula is C16H24N2O4. The van der Waals surface area contributed by atoms with E-state index in [0.717, 1.165) is 0 Å². The molecule has 0 spiro atoms. The number of hydrogen-bond donors (Lipinski definition) is 0. The summed E-state index contributed by atoms with van der Waals surface area (Å²) < 4.78 is 10.6. The van der Waals surface area contributed by atoms with Crippen molar-refractivity contribution in [3.8, 4) is 0 Å². The molecule has 6 nitrogen and oxygen atoms in total. The molecule has 122 valence electrons. The Morgan fingerprint density at radius 2 is 2.23 bits per heavy atom. The number of urea groups is 1. The minimum absolute atomic E-state index is 0.0296. The molecule has 0 bridgehead atoms. The summed E-state index contributed by atoms with van der Waals surface area (Å²) in [4.78, 5) is 28.5. The van der Waals surface area contributed by atoms with Crippen molar-refractivity contribution in [3.05, 3.63) is 24.2 Å². The maximum absolute atomic E-state index is 12.7. The summed E-state index contributed by atoms with van der Waals surface area (Å²) in [7, 11) is 0. The van der Waals surface area contributed by atoms with E-state index in [-0.39, 0.29) is 30.3 Å². The average Bonchev–Trinajstić information content (AvgIpc) is 3.02. The van der Waals surface area contributed by atoms with Gasteiger partial charge in [0.2, 0.25) is 0 Å². The van der Waals surface area contributed by atoms with Gasteiger partial charge in [-0.25, -0.2) is 4.79 Å². The first-order chi connectivity index (χ1) is 10.5. The highest BCUT2D eigenvalue weighted by Crippen LogP contribution is 2.17. The van der Waals surface area contributed by atoms with Crippen LogP contribution in [0.3, 0.4) is 0 Å². The summed E-state index contributed by atoms with van der Waals surface area (Å²) in [5, 5.41) is 0. The molecule has 0 aliphatic carbocycles. The fourth-order valence-electron chi connectivity index (χ4n) is 2.71. The quantitative estimate of drug-likeness (QED) is 0.784. The molecule has 0 saturated carbocycles. The van der Waals surface area contributed by atoms with Crippen molar-refractivity contribution in [1.29, 1.82) is 0 Å². The molecule has 1 aromatic rings. The number of hydrogen-bond acceptors (Lipinski definition) is 4. The zero-order chi connectivity index (χ0) is 16.1. The third-order valence-corrected chi connectivity index (χ3v) is 3.90. The molecule has 1 aliphatic rings. The van der Waals surface area contributed by atoms with Gasteiger partial charge in [-0.15, -0.1) is 0 Å². The predicted molar refractivity (Wildman–Crippen MR) is 81.9 cm³/mol. The molecule has 1 atom stereocenters. The molecule has 2 rings (SSSR count). The Bertz CT molecular complexity index is 498. The zero-order valence-electron chi connectivity index (χ0n) is 13.4. The van der Waals surface area contributed by atoms with Gasteiger partial charge in [0.1, 0.15) is 0 Å². The molecule has 0 unspecified atom stereocenters. The molecule has 6 heteroatoms. The van der Waals surface area contributed by atoms with E-state index >= 15 is 0 Å². The topological polar surface area (TPSA) is 63.0 Å². The summed E-state index contributed by atoms with van der Waals surface area (Å²) in [6.45, 7) is 7.99. The van der Waals surface area contributed by atoms with Crippen LogP contribution in [0.4, 0.5) is 4.79 Å². The normalized spacial score (nSPS) is 18.5. The summed E-state index contributed by atoms with van der Waals surface area (Å²) in [6, 6.07) is 3.18. The van der Waals surface area contributed by atoms with Crippen molar-refractivity contribution in [3.63, 3.8) is 0 Å². The Labute approximate surface area is 131 Å². The lowest BCUT2D eigenvalue weighted by Crippen LogP contribution is -2.55. The standard InChI is InChI=1S/C16H24N2O4/c1-4-17(12(2)3)16(20)18-7-9-21-11-13(18)10-14(19)15-6-5-8-22-15/h5-6,8,12-13H,4,7,9-11H2,1-3H3/t13-/m0/s1. The van der Waals surface area contributed by atoms with E-state index in [9.17, 15) is 9.59 Å². The van der Waals surface area contributed by atoms with Crippen molar-refractivity contribution in [1.82, 2.24) is 9.80 Å². The number of nitrogens with zero attached hydrogens (tertiary/aromatic N) is 2. The van der Waals surface area contributed by atoms with E-state index in [1.165, 1.54) is 6.26 Å². The van der Waals surface area contributed by atoms with Crippen molar-refractivity contribution in [2.75, 3.05) is 26.3 Å². The Kier molecular flexibility index (Phi) is 5.60. The molecular weight excluding hydrogens is 284 g/mol. The number of carbonyl (C=O) groups is 2. The Hall–Kier alpha value is -1.82. The second kappa shape index (κ2) is 7.45. The molecule has 0 radical (unpaired) electrons. The largest absolute Gasteiger partial charge is 0.461 e. The summed E-state index contributed by atoms with van der Waals surface area (Å²) >= 11 is 0. The molecule has 22 heavy (non-hydrogen) atoms. The van der Waals surface area contributed by atoms with Crippen LogP contribution in [-0.2, 0) is 4.74 Å². The molecule has 1 saturated heterocycles. The molecule has 0 aromatic carbocycles. The highest BCUT2D eigenvalue weighted by Gasteiger charge is 2.32. The van der Waals surface area contributed by atoms with Gasteiger partial charge in [-0.2, -0.15) is 0 Å². The van der Waals surface area contributed by atoms with E-state index in [1.807, 2.05) is 20.8 Å². The lowest BCUT2D eigenvalue weighted by molar-refractivity contribution is 0.000775. The number of carbonyl (C=O) groups excluding carboxylic acids is 2. The van der Waals surface area contributed by atoms with Gasteiger partial charge in [0, 0.05) is 25.6 Å². The first kappa shape index (κ1) is 16.5. The van der Waals surface area contributed by atoms with Gasteiger partial charge in [-0.3, -0.25) is 4.79 Å². The lowest BCUT2D eigenvalue weighted by atomic mass is 10.1. The van der Waals surface area contributed by atoms with E-state index in [1.54, 1.807) is 21.9 Å². The van der Waals surface area contributed by atoms with Crippen molar-refractivity contribution in [2.24, 2.45) is 0 Å². The monoisotopic (exact) mass is 308 g/mol. The first-order valence-corrected chi connectivity index (χ1v) is 7.76. The number of amides is 2. The van der Waals surface area contributed by atoms with Crippen molar-refractivity contribution < 1.29 is 18.7 Å². The summed E-state index contributed by atoms with van der Waals surface area (Å²) in [5.74, 6) is 0.222. The molecule has 0 N–H and O–H groups in total. The average molecular weight is 308 g/mol. The Morgan fingerprint density at radius 1 is 1.45 bits per heavy atom. The van der Waals surface area contributed by atoms with Crippen LogP contribution in [0.25, 0.3) is 0 Å². The van der Waals surface area contributed by atoms with E-state index < -0.39 is 0 Å². The molecule has 2 amide bonds. The van der Waals surface area contributed by atoms with E-state index in [4.69, 9.17) is 9.15 Å².